The summed E-state index contributed by atoms with van der Waals surface area (Å²) in [7, 11) is 0. The van der Waals surface area contributed by atoms with Crippen molar-refractivity contribution in [1.82, 2.24) is 9.97 Å². The summed E-state index contributed by atoms with van der Waals surface area (Å²) in [6, 6.07) is 9.01. The fourth-order valence-electron chi connectivity index (χ4n) is 1.98. The molecule has 0 aliphatic heterocycles. The molecule has 3 aromatic rings. The van der Waals surface area contributed by atoms with E-state index in [0.717, 1.165) is 12.1 Å². The minimum atomic E-state index is -1.08. The van der Waals surface area contributed by atoms with Gasteiger partial charge < -0.3 is 10.6 Å². The molecule has 25 heavy (non-hydrogen) atoms. The predicted molar refractivity (Wildman–Crippen MR) is 86.0 cm³/mol. The molecule has 1 amide bonds. The summed E-state index contributed by atoms with van der Waals surface area (Å²) in [4.78, 5) is 19.9. The molecule has 0 spiro atoms. The van der Waals surface area contributed by atoms with Gasteiger partial charge in [0.15, 0.2) is 11.6 Å². The summed E-state index contributed by atoms with van der Waals surface area (Å²) >= 11 is 0. The molecular weight excluding hydrogens is 333 g/mol. The van der Waals surface area contributed by atoms with Crippen LogP contribution in [0.3, 0.4) is 0 Å². The van der Waals surface area contributed by atoms with Crippen molar-refractivity contribution in [2.45, 2.75) is 0 Å². The molecule has 5 nitrogen and oxygen atoms in total. The minimum absolute atomic E-state index is 0.0381. The van der Waals surface area contributed by atoms with Gasteiger partial charge in [-0.25, -0.2) is 23.1 Å². The Morgan fingerprint density at radius 2 is 1.68 bits per heavy atom. The molecule has 0 bridgehead atoms. The van der Waals surface area contributed by atoms with E-state index in [4.69, 9.17) is 0 Å². The molecule has 0 saturated heterocycles. The molecule has 126 valence electrons. The number of hydrogen-bond donors (Lipinski definition) is 2. The van der Waals surface area contributed by atoms with Gasteiger partial charge in [-0.1, -0.05) is 12.1 Å². The first-order chi connectivity index (χ1) is 12.0. The Labute approximate surface area is 140 Å². The van der Waals surface area contributed by atoms with Crippen LogP contribution >= 0.6 is 0 Å². The third-order valence-corrected chi connectivity index (χ3v) is 3.20. The Morgan fingerprint density at radius 1 is 0.880 bits per heavy atom. The Morgan fingerprint density at radius 3 is 2.36 bits per heavy atom. The summed E-state index contributed by atoms with van der Waals surface area (Å²) in [6.07, 6.45) is 2.44. The van der Waals surface area contributed by atoms with Gasteiger partial charge in [-0.2, -0.15) is 0 Å². The van der Waals surface area contributed by atoms with Gasteiger partial charge in [0.1, 0.15) is 17.3 Å². The molecule has 0 atom stereocenters. The fourth-order valence-corrected chi connectivity index (χ4v) is 1.98. The average Bonchev–Trinajstić information content (AvgIpc) is 2.61. The Bertz CT molecular complexity index is 916. The van der Waals surface area contributed by atoms with Gasteiger partial charge in [0.2, 0.25) is 0 Å². The zero-order valence-corrected chi connectivity index (χ0v) is 12.6. The summed E-state index contributed by atoms with van der Waals surface area (Å²) in [6.45, 7) is 0. The van der Waals surface area contributed by atoms with Crippen molar-refractivity contribution in [3.05, 3.63) is 78.0 Å². The fraction of sp³-hybridized carbons (Fsp3) is 0. The second-order valence-electron chi connectivity index (χ2n) is 4.97. The van der Waals surface area contributed by atoms with E-state index in [1.807, 2.05) is 0 Å². The lowest BCUT2D eigenvalue weighted by molar-refractivity contribution is 0.102. The number of carbonyl (C=O) groups is 1. The molecule has 0 saturated carbocycles. The minimum Gasteiger partial charge on any atom is -0.337 e. The quantitative estimate of drug-likeness (QED) is 0.753. The van der Waals surface area contributed by atoms with Crippen LogP contribution in [-0.4, -0.2) is 15.9 Å². The van der Waals surface area contributed by atoms with E-state index >= 15 is 0 Å². The number of benzene rings is 2. The monoisotopic (exact) mass is 344 g/mol. The lowest BCUT2D eigenvalue weighted by atomic mass is 10.3. The number of carbonyl (C=O) groups excluding carboxylic acids is 1. The van der Waals surface area contributed by atoms with Gasteiger partial charge in [-0.05, 0) is 24.3 Å². The van der Waals surface area contributed by atoms with E-state index in [1.54, 1.807) is 12.1 Å². The second-order valence-corrected chi connectivity index (χ2v) is 4.97. The number of amides is 1. The third kappa shape index (κ3) is 3.92. The van der Waals surface area contributed by atoms with Crippen molar-refractivity contribution in [3.8, 4) is 0 Å². The summed E-state index contributed by atoms with van der Waals surface area (Å²) in [5.74, 6) is -2.94. The molecule has 0 unspecified atom stereocenters. The van der Waals surface area contributed by atoms with Crippen LogP contribution < -0.4 is 10.6 Å². The number of nitrogens with one attached hydrogen (secondary N) is 2. The summed E-state index contributed by atoms with van der Waals surface area (Å²) < 4.78 is 39.6. The number of rotatable bonds is 4. The first-order valence-corrected chi connectivity index (χ1v) is 7.13. The molecule has 1 aromatic heterocycles. The van der Waals surface area contributed by atoms with E-state index in [1.165, 1.54) is 30.6 Å². The van der Waals surface area contributed by atoms with Gasteiger partial charge in [0, 0.05) is 11.8 Å². The molecule has 0 fully saturated rings. The molecule has 2 aromatic carbocycles. The highest BCUT2D eigenvalue weighted by Gasteiger charge is 2.11. The second kappa shape index (κ2) is 7.00. The standard InChI is InChI=1S/C17H11F3N4O/c18-11-6-5-10(7-13(11)20)23-17(25)15-8-22-16(9-21-15)24-14-4-2-1-3-12(14)19/h1-9H,(H,22,24)(H,23,25). The van der Waals surface area contributed by atoms with Crippen LogP contribution in [0.25, 0.3) is 0 Å². The third-order valence-electron chi connectivity index (χ3n) is 3.20. The van der Waals surface area contributed by atoms with Gasteiger partial charge in [0.25, 0.3) is 5.91 Å². The van der Waals surface area contributed by atoms with Crippen LogP contribution in [0.15, 0.2) is 54.9 Å². The SMILES string of the molecule is O=C(Nc1ccc(F)c(F)c1)c1cnc(Nc2ccccc2F)cn1. The van der Waals surface area contributed by atoms with E-state index < -0.39 is 23.4 Å². The molecule has 0 aliphatic rings. The molecule has 0 aliphatic carbocycles. The predicted octanol–water partition coefficient (Wildman–Crippen LogP) is 3.89. The number of halogens is 3. The topological polar surface area (TPSA) is 66.9 Å². The highest BCUT2D eigenvalue weighted by atomic mass is 19.2. The Hall–Kier alpha value is -3.42. The normalized spacial score (nSPS) is 10.4. The van der Waals surface area contributed by atoms with E-state index in [9.17, 15) is 18.0 Å². The first kappa shape index (κ1) is 16.4. The van der Waals surface area contributed by atoms with Crippen molar-refractivity contribution in [3.63, 3.8) is 0 Å². The summed E-state index contributed by atoms with van der Waals surface area (Å²) in [5.41, 5.74) is 0.263. The lowest BCUT2D eigenvalue weighted by Gasteiger charge is -2.07. The van der Waals surface area contributed by atoms with Crippen LogP contribution in [0.1, 0.15) is 10.5 Å². The molecule has 3 rings (SSSR count). The number of nitrogens with zero attached hydrogens (tertiary/aromatic N) is 2. The maximum Gasteiger partial charge on any atom is 0.275 e. The first-order valence-electron chi connectivity index (χ1n) is 7.13. The maximum absolute atomic E-state index is 13.6. The zero-order chi connectivity index (χ0) is 17.8. The molecular formula is C17H11F3N4O. The van der Waals surface area contributed by atoms with Crippen LogP contribution in [0.2, 0.25) is 0 Å². The highest BCUT2D eigenvalue weighted by Crippen LogP contribution is 2.18. The van der Waals surface area contributed by atoms with E-state index in [2.05, 4.69) is 20.6 Å². The summed E-state index contributed by atoms with van der Waals surface area (Å²) in [5, 5.41) is 5.11. The number of para-hydroxylation sites is 1. The van der Waals surface area contributed by atoms with Gasteiger partial charge in [-0.15, -0.1) is 0 Å². The number of anilines is 3. The van der Waals surface area contributed by atoms with Crippen molar-refractivity contribution >= 4 is 23.1 Å². The molecule has 8 heteroatoms. The van der Waals surface area contributed by atoms with Crippen LogP contribution in [0.5, 0.6) is 0 Å². The maximum atomic E-state index is 13.6. The molecule has 1 heterocycles. The molecule has 2 N–H and O–H groups in total. The largest absolute Gasteiger partial charge is 0.337 e. The van der Waals surface area contributed by atoms with Crippen molar-refractivity contribution < 1.29 is 18.0 Å². The highest BCUT2D eigenvalue weighted by molar-refractivity contribution is 6.02. The van der Waals surface area contributed by atoms with Crippen molar-refractivity contribution in [1.29, 1.82) is 0 Å². The van der Waals surface area contributed by atoms with Gasteiger partial charge in [-0.3, -0.25) is 4.79 Å². The van der Waals surface area contributed by atoms with Crippen LogP contribution in [0, 0.1) is 17.5 Å². The van der Waals surface area contributed by atoms with E-state index in [-0.39, 0.29) is 22.9 Å². The lowest BCUT2D eigenvalue weighted by Crippen LogP contribution is -2.14. The zero-order valence-electron chi connectivity index (χ0n) is 12.6. The van der Waals surface area contributed by atoms with Gasteiger partial charge >= 0.3 is 0 Å². The van der Waals surface area contributed by atoms with Gasteiger partial charge in [0.05, 0.1) is 18.1 Å². The van der Waals surface area contributed by atoms with Crippen molar-refractivity contribution in [2.24, 2.45) is 0 Å². The van der Waals surface area contributed by atoms with Crippen molar-refractivity contribution in [2.75, 3.05) is 10.6 Å². The molecule has 0 radical (unpaired) electrons. The average molecular weight is 344 g/mol. The Balaban J connectivity index is 1.70. The number of hydrogen-bond acceptors (Lipinski definition) is 4. The van der Waals surface area contributed by atoms with Crippen LogP contribution in [-0.2, 0) is 0 Å². The van der Waals surface area contributed by atoms with E-state index in [0.29, 0.717) is 0 Å². The number of aromatic nitrogens is 2. The smallest absolute Gasteiger partial charge is 0.275 e. The Kier molecular flexibility index (Phi) is 4.60. The van der Waals surface area contributed by atoms with Crippen LogP contribution in [0.4, 0.5) is 30.4 Å².